The second-order valence-electron chi connectivity index (χ2n) is 5.31. The summed E-state index contributed by atoms with van der Waals surface area (Å²) >= 11 is 0. The highest BCUT2D eigenvalue weighted by molar-refractivity contribution is 5.94. The molecule has 3 nitrogen and oxygen atoms in total. The summed E-state index contributed by atoms with van der Waals surface area (Å²) < 4.78 is 0. The van der Waals surface area contributed by atoms with E-state index in [0.29, 0.717) is 6.42 Å². The van der Waals surface area contributed by atoms with Crippen LogP contribution in [0, 0.1) is 0 Å². The number of anilines is 1. The molecule has 1 aliphatic rings. The van der Waals surface area contributed by atoms with Gasteiger partial charge in [-0.15, -0.1) is 0 Å². The highest BCUT2D eigenvalue weighted by Gasteiger charge is 2.23. The van der Waals surface area contributed by atoms with Crippen molar-refractivity contribution in [2.24, 2.45) is 5.73 Å². The van der Waals surface area contributed by atoms with Gasteiger partial charge in [0, 0.05) is 24.7 Å². The van der Waals surface area contributed by atoms with Gasteiger partial charge in [0.1, 0.15) is 0 Å². The molecule has 0 bridgehead atoms. The molecule has 19 heavy (non-hydrogen) atoms. The van der Waals surface area contributed by atoms with Crippen LogP contribution in [0.3, 0.4) is 0 Å². The number of nitrogens with zero attached hydrogens (tertiary/aromatic N) is 1. The molecule has 1 aromatic carbocycles. The van der Waals surface area contributed by atoms with Crippen LogP contribution in [0.1, 0.15) is 57.1 Å². The zero-order valence-electron chi connectivity index (χ0n) is 11.8. The third-order valence-corrected chi connectivity index (χ3v) is 3.82. The number of amides is 1. The van der Waals surface area contributed by atoms with E-state index in [9.17, 15) is 4.79 Å². The quantitative estimate of drug-likeness (QED) is 0.843. The Balaban J connectivity index is 2.16. The standard InChI is InChI=1S/C16H24N2O/c1-2-3-4-11-16(19)18-12-7-9-14(17)13-8-5-6-10-15(13)18/h5-6,8,10,14H,2-4,7,9,11-12,17H2,1H3. The largest absolute Gasteiger partial charge is 0.324 e. The Morgan fingerprint density at radius 2 is 2.16 bits per heavy atom. The monoisotopic (exact) mass is 260 g/mol. The summed E-state index contributed by atoms with van der Waals surface area (Å²) in [6, 6.07) is 8.13. The van der Waals surface area contributed by atoms with E-state index in [4.69, 9.17) is 5.73 Å². The van der Waals surface area contributed by atoms with Gasteiger partial charge in [0.2, 0.25) is 5.91 Å². The van der Waals surface area contributed by atoms with Crippen molar-refractivity contribution in [1.29, 1.82) is 0 Å². The maximum Gasteiger partial charge on any atom is 0.226 e. The number of hydrogen-bond donors (Lipinski definition) is 1. The van der Waals surface area contributed by atoms with E-state index in [1.807, 2.05) is 23.1 Å². The number of para-hydroxylation sites is 1. The molecule has 1 aromatic rings. The summed E-state index contributed by atoms with van der Waals surface area (Å²) in [6.45, 7) is 2.96. The smallest absolute Gasteiger partial charge is 0.226 e. The Kier molecular flexibility index (Phi) is 4.97. The summed E-state index contributed by atoms with van der Waals surface area (Å²) in [5, 5.41) is 0. The molecule has 1 unspecified atom stereocenters. The topological polar surface area (TPSA) is 46.3 Å². The van der Waals surface area contributed by atoms with Crippen LogP contribution < -0.4 is 10.6 Å². The minimum Gasteiger partial charge on any atom is -0.324 e. The lowest BCUT2D eigenvalue weighted by Gasteiger charge is -2.23. The van der Waals surface area contributed by atoms with Crippen LogP contribution in [0.5, 0.6) is 0 Å². The van der Waals surface area contributed by atoms with Crippen molar-refractivity contribution in [3.63, 3.8) is 0 Å². The minimum absolute atomic E-state index is 0.0599. The lowest BCUT2D eigenvalue weighted by atomic mass is 10.0. The van der Waals surface area contributed by atoms with Crippen LogP contribution in [0.25, 0.3) is 0 Å². The minimum atomic E-state index is 0.0599. The number of nitrogens with two attached hydrogens (primary N) is 1. The summed E-state index contributed by atoms with van der Waals surface area (Å²) in [7, 11) is 0. The van der Waals surface area contributed by atoms with E-state index in [-0.39, 0.29) is 11.9 Å². The molecule has 2 N–H and O–H groups in total. The molecule has 0 aromatic heterocycles. The van der Waals surface area contributed by atoms with Gasteiger partial charge in [-0.05, 0) is 30.9 Å². The van der Waals surface area contributed by atoms with Gasteiger partial charge in [0.25, 0.3) is 0 Å². The molecule has 1 heterocycles. The lowest BCUT2D eigenvalue weighted by Crippen LogP contribution is -2.31. The average molecular weight is 260 g/mol. The summed E-state index contributed by atoms with van der Waals surface area (Å²) in [6.07, 6.45) is 5.85. The van der Waals surface area contributed by atoms with Gasteiger partial charge in [0.05, 0.1) is 0 Å². The Morgan fingerprint density at radius 3 is 2.95 bits per heavy atom. The van der Waals surface area contributed by atoms with Crippen molar-refractivity contribution in [2.75, 3.05) is 11.4 Å². The zero-order valence-corrected chi connectivity index (χ0v) is 11.8. The van der Waals surface area contributed by atoms with Gasteiger partial charge in [-0.2, -0.15) is 0 Å². The van der Waals surface area contributed by atoms with E-state index in [1.165, 1.54) is 0 Å². The first-order chi connectivity index (χ1) is 9.24. The summed E-state index contributed by atoms with van der Waals surface area (Å²) in [5.74, 6) is 0.245. The molecular weight excluding hydrogens is 236 g/mol. The van der Waals surface area contributed by atoms with Gasteiger partial charge in [-0.3, -0.25) is 4.79 Å². The van der Waals surface area contributed by atoms with E-state index in [1.54, 1.807) is 0 Å². The molecule has 104 valence electrons. The number of fused-ring (bicyclic) bond motifs is 1. The first-order valence-electron chi connectivity index (χ1n) is 7.39. The van der Waals surface area contributed by atoms with Crippen LogP contribution in [0.2, 0.25) is 0 Å². The Bertz CT molecular complexity index is 431. The number of benzene rings is 1. The SMILES string of the molecule is CCCCCC(=O)N1CCCC(N)c2ccccc21. The molecule has 1 atom stereocenters. The molecule has 1 amide bonds. The highest BCUT2D eigenvalue weighted by Crippen LogP contribution is 2.31. The maximum atomic E-state index is 12.4. The molecule has 2 rings (SSSR count). The van der Waals surface area contributed by atoms with Crippen LogP contribution >= 0.6 is 0 Å². The highest BCUT2D eigenvalue weighted by atomic mass is 16.2. The van der Waals surface area contributed by atoms with Gasteiger partial charge < -0.3 is 10.6 Å². The van der Waals surface area contributed by atoms with E-state index in [2.05, 4.69) is 13.0 Å². The third kappa shape index (κ3) is 3.35. The van der Waals surface area contributed by atoms with Gasteiger partial charge in [-0.1, -0.05) is 38.0 Å². The van der Waals surface area contributed by atoms with Crippen molar-refractivity contribution in [3.05, 3.63) is 29.8 Å². The van der Waals surface area contributed by atoms with Gasteiger partial charge in [0.15, 0.2) is 0 Å². The molecule has 0 saturated heterocycles. The predicted molar refractivity (Wildman–Crippen MR) is 79.1 cm³/mol. The molecular formula is C16H24N2O. The normalized spacial score (nSPS) is 18.8. The molecule has 0 saturated carbocycles. The first-order valence-corrected chi connectivity index (χ1v) is 7.39. The molecule has 1 aliphatic heterocycles. The number of carbonyl (C=O) groups is 1. The van der Waals surface area contributed by atoms with Gasteiger partial charge >= 0.3 is 0 Å². The molecule has 0 spiro atoms. The fourth-order valence-corrected chi connectivity index (χ4v) is 2.71. The molecule has 3 heteroatoms. The molecule has 0 aliphatic carbocycles. The van der Waals surface area contributed by atoms with E-state index >= 15 is 0 Å². The second kappa shape index (κ2) is 6.71. The maximum absolute atomic E-state index is 12.4. The lowest BCUT2D eigenvalue weighted by molar-refractivity contribution is -0.118. The zero-order chi connectivity index (χ0) is 13.7. The number of rotatable bonds is 4. The van der Waals surface area contributed by atoms with Crippen molar-refractivity contribution < 1.29 is 4.79 Å². The summed E-state index contributed by atoms with van der Waals surface area (Å²) in [4.78, 5) is 14.3. The molecule has 0 radical (unpaired) electrons. The van der Waals surface area contributed by atoms with Crippen molar-refractivity contribution in [3.8, 4) is 0 Å². The van der Waals surface area contributed by atoms with Crippen LogP contribution in [0.15, 0.2) is 24.3 Å². The van der Waals surface area contributed by atoms with E-state index in [0.717, 1.165) is 49.9 Å². The van der Waals surface area contributed by atoms with Crippen molar-refractivity contribution in [1.82, 2.24) is 0 Å². The number of carbonyl (C=O) groups excluding carboxylic acids is 1. The number of hydrogen-bond acceptors (Lipinski definition) is 2. The van der Waals surface area contributed by atoms with Crippen LogP contribution in [-0.2, 0) is 4.79 Å². The van der Waals surface area contributed by atoms with Crippen LogP contribution in [0.4, 0.5) is 5.69 Å². The average Bonchev–Trinajstić information content (AvgIpc) is 2.59. The Hall–Kier alpha value is -1.35. The number of unbranched alkanes of at least 4 members (excludes halogenated alkanes) is 2. The van der Waals surface area contributed by atoms with Crippen LogP contribution in [-0.4, -0.2) is 12.5 Å². The molecule has 0 fully saturated rings. The van der Waals surface area contributed by atoms with Crippen molar-refractivity contribution in [2.45, 2.75) is 51.5 Å². The van der Waals surface area contributed by atoms with Gasteiger partial charge in [-0.25, -0.2) is 0 Å². The second-order valence-corrected chi connectivity index (χ2v) is 5.31. The summed E-state index contributed by atoms with van der Waals surface area (Å²) in [5.41, 5.74) is 8.33. The Labute approximate surface area is 115 Å². The van der Waals surface area contributed by atoms with Crippen molar-refractivity contribution >= 4 is 11.6 Å². The fourth-order valence-electron chi connectivity index (χ4n) is 2.71. The van der Waals surface area contributed by atoms with E-state index < -0.39 is 0 Å². The first kappa shape index (κ1) is 14.1. The third-order valence-electron chi connectivity index (χ3n) is 3.82. The fraction of sp³-hybridized carbons (Fsp3) is 0.562. The Morgan fingerprint density at radius 1 is 1.37 bits per heavy atom. The predicted octanol–water partition coefficient (Wildman–Crippen LogP) is 3.39.